The van der Waals surface area contributed by atoms with Gasteiger partial charge in [-0.3, -0.25) is 4.90 Å². The highest BCUT2D eigenvalue weighted by atomic mass is 19.4. The summed E-state index contributed by atoms with van der Waals surface area (Å²) in [5.41, 5.74) is 0. The molecule has 1 saturated carbocycles. The molecule has 4 nitrogen and oxygen atoms in total. The summed E-state index contributed by atoms with van der Waals surface area (Å²) in [4.78, 5) is 15.5. The molecule has 1 heterocycles. The molecule has 1 atom stereocenters. The third-order valence-corrected chi connectivity index (χ3v) is 4.87. The first-order chi connectivity index (χ1) is 10.9. The highest BCUT2D eigenvalue weighted by molar-refractivity contribution is 5.74. The van der Waals surface area contributed by atoms with Gasteiger partial charge in [-0.2, -0.15) is 13.2 Å². The average molecular weight is 335 g/mol. The number of carbonyl (C=O) groups is 1. The Morgan fingerprint density at radius 2 is 1.91 bits per heavy atom. The Morgan fingerprint density at radius 1 is 1.22 bits per heavy atom. The molecule has 2 amide bonds. The van der Waals surface area contributed by atoms with Crippen LogP contribution in [0.4, 0.5) is 18.0 Å². The van der Waals surface area contributed by atoms with E-state index in [2.05, 4.69) is 5.32 Å². The van der Waals surface area contributed by atoms with Crippen molar-refractivity contribution in [3.8, 4) is 0 Å². The van der Waals surface area contributed by atoms with E-state index in [1.165, 1.54) is 11.3 Å². The maximum absolute atomic E-state index is 12.5. The number of nitrogens with zero attached hydrogens (tertiary/aromatic N) is 2. The fourth-order valence-corrected chi connectivity index (χ4v) is 3.60. The number of hydrogen-bond acceptors (Lipinski definition) is 2. The summed E-state index contributed by atoms with van der Waals surface area (Å²) in [7, 11) is 0. The number of halogens is 3. The predicted molar refractivity (Wildman–Crippen MR) is 83.3 cm³/mol. The molecule has 1 unspecified atom stereocenters. The molecule has 2 fully saturated rings. The van der Waals surface area contributed by atoms with Crippen LogP contribution in [-0.4, -0.2) is 60.8 Å². The number of amides is 2. The lowest BCUT2D eigenvalue weighted by Crippen LogP contribution is -2.45. The van der Waals surface area contributed by atoms with Gasteiger partial charge in [0, 0.05) is 25.7 Å². The van der Waals surface area contributed by atoms with E-state index in [0.717, 1.165) is 32.1 Å². The fourth-order valence-electron chi connectivity index (χ4n) is 3.60. The minimum Gasteiger partial charge on any atom is -0.335 e. The van der Waals surface area contributed by atoms with Crippen molar-refractivity contribution in [3.63, 3.8) is 0 Å². The number of likely N-dealkylation sites (tertiary alicyclic amines) is 1. The molecule has 1 saturated heterocycles. The van der Waals surface area contributed by atoms with Gasteiger partial charge in [0.25, 0.3) is 0 Å². The quantitative estimate of drug-likeness (QED) is 0.837. The van der Waals surface area contributed by atoms with E-state index >= 15 is 0 Å². The molecule has 2 aliphatic rings. The zero-order valence-corrected chi connectivity index (χ0v) is 13.9. The van der Waals surface area contributed by atoms with Gasteiger partial charge in [-0.1, -0.05) is 26.2 Å². The van der Waals surface area contributed by atoms with Crippen LogP contribution in [-0.2, 0) is 0 Å². The van der Waals surface area contributed by atoms with Gasteiger partial charge < -0.3 is 10.2 Å². The predicted octanol–water partition coefficient (Wildman–Crippen LogP) is 3.23. The molecule has 1 aliphatic carbocycles. The summed E-state index contributed by atoms with van der Waals surface area (Å²) in [5.74, 6) is 0.134. The van der Waals surface area contributed by atoms with E-state index in [0.29, 0.717) is 26.2 Å². The summed E-state index contributed by atoms with van der Waals surface area (Å²) in [6, 6.07) is 0.228. The van der Waals surface area contributed by atoms with E-state index in [1.807, 2.05) is 0 Å². The van der Waals surface area contributed by atoms with Gasteiger partial charge in [-0.25, -0.2) is 4.79 Å². The molecule has 2 rings (SSSR count). The Morgan fingerprint density at radius 3 is 2.52 bits per heavy atom. The van der Waals surface area contributed by atoms with Crippen molar-refractivity contribution >= 4 is 6.03 Å². The Bertz CT molecular complexity index is 383. The SMILES string of the molecule is CCN(CC1CCN(C(=O)NC2CCCCC2)C1)CC(F)(F)F. The van der Waals surface area contributed by atoms with E-state index in [1.54, 1.807) is 11.8 Å². The average Bonchev–Trinajstić information content (AvgIpc) is 2.95. The molecule has 1 aliphatic heterocycles. The number of urea groups is 1. The molecular weight excluding hydrogens is 307 g/mol. The lowest BCUT2D eigenvalue weighted by molar-refractivity contribution is -0.146. The van der Waals surface area contributed by atoms with Crippen LogP contribution in [0.15, 0.2) is 0 Å². The molecule has 0 aromatic carbocycles. The summed E-state index contributed by atoms with van der Waals surface area (Å²) < 4.78 is 37.5. The molecule has 1 N–H and O–H groups in total. The highest BCUT2D eigenvalue weighted by Gasteiger charge is 2.33. The largest absolute Gasteiger partial charge is 0.401 e. The zero-order chi connectivity index (χ0) is 16.9. The Hall–Kier alpha value is -0.980. The van der Waals surface area contributed by atoms with Crippen molar-refractivity contribution in [3.05, 3.63) is 0 Å². The third-order valence-electron chi connectivity index (χ3n) is 4.87. The second-order valence-electron chi connectivity index (χ2n) is 6.83. The van der Waals surface area contributed by atoms with Crippen LogP contribution in [0.25, 0.3) is 0 Å². The number of rotatable bonds is 5. The van der Waals surface area contributed by atoms with E-state index in [4.69, 9.17) is 0 Å². The minimum atomic E-state index is -4.16. The molecular formula is C16H28F3N3O. The smallest absolute Gasteiger partial charge is 0.335 e. The second-order valence-corrected chi connectivity index (χ2v) is 6.83. The molecule has 0 aromatic heterocycles. The molecule has 0 bridgehead atoms. The van der Waals surface area contributed by atoms with Crippen LogP contribution in [0.1, 0.15) is 45.4 Å². The summed E-state index contributed by atoms with van der Waals surface area (Å²) in [5, 5.41) is 3.08. The van der Waals surface area contributed by atoms with Gasteiger partial charge in [0.15, 0.2) is 0 Å². The van der Waals surface area contributed by atoms with Gasteiger partial charge in [0.05, 0.1) is 6.54 Å². The monoisotopic (exact) mass is 335 g/mol. The molecule has 134 valence electrons. The van der Waals surface area contributed by atoms with Gasteiger partial charge in [-0.15, -0.1) is 0 Å². The van der Waals surface area contributed by atoms with Crippen molar-refractivity contribution in [2.75, 3.05) is 32.7 Å². The third kappa shape index (κ3) is 6.20. The maximum atomic E-state index is 12.5. The topological polar surface area (TPSA) is 35.6 Å². The summed E-state index contributed by atoms with van der Waals surface area (Å²) in [6.45, 7) is 2.87. The van der Waals surface area contributed by atoms with Crippen LogP contribution in [0.2, 0.25) is 0 Å². The van der Waals surface area contributed by atoms with Crippen molar-refractivity contribution in [2.45, 2.75) is 57.7 Å². The molecule has 7 heteroatoms. The van der Waals surface area contributed by atoms with Gasteiger partial charge in [0.2, 0.25) is 0 Å². The summed E-state index contributed by atoms with van der Waals surface area (Å²) in [6.07, 6.45) is 2.27. The molecule has 0 radical (unpaired) electrons. The van der Waals surface area contributed by atoms with Crippen LogP contribution in [0.3, 0.4) is 0 Å². The Kier molecular flexibility index (Phi) is 6.56. The normalized spacial score (nSPS) is 23.5. The van der Waals surface area contributed by atoms with Crippen LogP contribution in [0.5, 0.6) is 0 Å². The van der Waals surface area contributed by atoms with E-state index in [-0.39, 0.29) is 18.0 Å². The van der Waals surface area contributed by atoms with Crippen molar-refractivity contribution < 1.29 is 18.0 Å². The van der Waals surface area contributed by atoms with Gasteiger partial charge >= 0.3 is 12.2 Å². The summed E-state index contributed by atoms with van der Waals surface area (Å²) >= 11 is 0. The number of nitrogens with one attached hydrogen (secondary N) is 1. The standard InChI is InChI=1S/C16H28F3N3O/c1-2-21(12-16(17,18)19)10-13-8-9-22(11-13)15(23)20-14-6-4-3-5-7-14/h13-14H,2-12H2,1H3,(H,20,23). The first-order valence-electron chi connectivity index (χ1n) is 8.72. The number of carbonyl (C=O) groups excluding carboxylic acids is 1. The number of hydrogen-bond donors (Lipinski definition) is 1. The second kappa shape index (κ2) is 8.22. The maximum Gasteiger partial charge on any atom is 0.401 e. The molecule has 0 spiro atoms. The lowest BCUT2D eigenvalue weighted by atomic mass is 9.96. The lowest BCUT2D eigenvalue weighted by Gasteiger charge is -2.27. The van der Waals surface area contributed by atoms with Crippen LogP contribution >= 0.6 is 0 Å². The van der Waals surface area contributed by atoms with Gasteiger partial charge in [0.1, 0.15) is 0 Å². The van der Waals surface area contributed by atoms with Crippen LogP contribution in [0, 0.1) is 5.92 Å². The Labute approximate surface area is 136 Å². The van der Waals surface area contributed by atoms with Crippen molar-refractivity contribution in [2.24, 2.45) is 5.92 Å². The highest BCUT2D eigenvalue weighted by Crippen LogP contribution is 2.22. The van der Waals surface area contributed by atoms with Gasteiger partial charge in [-0.05, 0) is 31.7 Å². The van der Waals surface area contributed by atoms with Crippen molar-refractivity contribution in [1.82, 2.24) is 15.1 Å². The Balaban J connectivity index is 1.75. The van der Waals surface area contributed by atoms with E-state index < -0.39 is 12.7 Å². The first kappa shape index (κ1) is 18.4. The zero-order valence-electron chi connectivity index (χ0n) is 13.9. The number of alkyl halides is 3. The van der Waals surface area contributed by atoms with E-state index in [9.17, 15) is 18.0 Å². The molecule has 23 heavy (non-hydrogen) atoms. The van der Waals surface area contributed by atoms with Crippen molar-refractivity contribution in [1.29, 1.82) is 0 Å². The molecule has 0 aromatic rings. The minimum absolute atomic E-state index is 0.0433. The fraction of sp³-hybridized carbons (Fsp3) is 0.938. The van der Waals surface area contributed by atoms with Crippen LogP contribution < -0.4 is 5.32 Å². The first-order valence-corrected chi connectivity index (χ1v) is 8.72.